The van der Waals surface area contributed by atoms with Gasteiger partial charge in [-0.3, -0.25) is 0 Å². The number of allylic oxidation sites excluding steroid dienone is 2. The zero-order valence-corrected chi connectivity index (χ0v) is 7.33. The minimum Gasteiger partial charge on any atom is -0.361 e. The second kappa shape index (κ2) is 3.31. The summed E-state index contributed by atoms with van der Waals surface area (Å²) in [6.07, 6.45) is 7.77. The van der Waals surface area contributed by atoms with Crippen LogP contribution in [0.4, 0.5) is 0 Å². The standard InChI is InChI=1S/C12H11N/c1-2-3-6-10-9-13-12-8-5-4-7-11(10)12/h2-9,13H,1H2/b6-3+. The molecule has 0 unspecified atom stereocenters. The molecule has 1 aromatic heterocycles. The van der Waals surface area contributed by atoms with Gasteiger partial charge in [0.1, 0.15) is 0 Å². The molecule has 0 aliphatic heterocycles. The number of para-hydroxylation sites is 1. The molecule has 1 heterocycles. The number of nitrogens with one attached hydrogen (secondary N) is 1. The topological polar surface area (TPSA) is 15.8 Å². The highest BCUT2D eigenvalue weighted by molar-refractivity contribution is 5.88. The van der Waals surface area contributed by atoms with Crippen LogP contribution in [0.3, 0.4) is 0 Å². The molecule has 0 spiro atoms. The van der Waals surface area contributed by atoms with E-state index in [0.29, 0.717) is 0 Å². The third-order valence-electron chi connectivity index (χ3n) is 2.03. The number of benzene rings is 1. The van der Waals surface area contributed by atoms with E-state index in [-0.39, 0.29) is 0 Å². The maximum absolute atomic E-state index is 3.64. The van der Waals surface area contributed by atoms with E-state index in [1.807, 2.05) is 30.5 Å². The number of rotatable bonds is 2. The molecule has 0 radical (unpaired) electrons. The Bertz CT molecular complexity index is 449. The van der Waals surface area contributed by atoms with E-state index < -0.39 is 0 Å². The summed E-state index contributed by atoms with van der Waals surface area (Å²) in [6, 6.07) is 8.25. The first kappa shape index (κ1) is 7.87. The lowest BCUT2D eigenvalue weighted by molar-refractivity contribution is 1.47. The smallest absolute Gasteiger partial charge is 0.0460 e. The Hall–Kier alpha value is -1.76. The molecule has 0 bridgehead atoms. The summed E-state index contributed by atoms with van der Waals surface area (Å²) in [5.41, 5.74) is 2.38. The molecule has 1 aromatic carbocycles. The third-order valence-corrected chi connectivity index (χ3v) is 2.03. The van der Waals surface area contributed by atoms with Crippen molar-refractivity contribution in [3.63, 3.8) is 0 Å². The van der Waals surface area contributed by atoms with Gasteiger partial charge in [-0.15, -0.1) is 0 Å². The first-order chi connectivity index (χ1) is 6.42. The summed E-state index contributed by atoms with van der Waals surface area (Å²) in [5, 5.41) is 1.25. The normalized spacial score (nSPS) is 11.1. The first-order valence-corrected chi connectivity index (χ1v) is 4.27. The molecule has 1 nitrogen and oxygen atoms in total. The van der Waals surface area contributed by atoms with Gasteiger partial charge in [0.05, 0.1) is 0 Å². The van der Waals surface area contributed by atoms with E-state index in [9.17, 15) is 0 Å². The highest BCUT2D eigenvalue weighted by Crippen LogP contribution is 2.18. The van der Waals surface area contributed by atoms with Crippen molar-refractivity contribution >= 4 is 17.0 Å². The number of H-pyrrole nitrogens is 1. The zero-order chi connectivity index (χ0) is 9.10. The third kappa shape index (κ3) is 1.41. The van der Waals surface area contributed by atoms with Crippen molar-refractivity contribution in [2.75, 3.05) is 0 Å². The SMILES string of the molecule is C=C/C=C/c1c[nH]c2ccccc12. The van der Waals surface area contributed by atoms with E-state index >= 15 is 0 Å². The van der Waals surface area contributed by atoms with Gasteiger partial charge in [-0.1, -0.05) is 43.0 Å². The molecule has 64 valence electrons. The zero-order valence-electron chi connectivity index (χ0n) is 7.33. The lowest BCUT2D eigenvalue weighted by Gasteiger charge is -1.89. The largest absolute Gasteiger partial charge is 0.361 e. The van der Waals surface area contributed by atoms with Gasteiger partial charge in [-0.2, -0.15) is 0 Å². The van der Waals surface area contributed by atoms with Crippen molar-refractivity contribution in [3.05, 3.63) is 54.8 Å². The number of hydrogen-bond donors (Lipinski definition) is 1. The van der Waals surface area contributed by atoms with Crippen LogP contribution in [0.1, 0.15) is 5.56 Å². The highest BCUT2D eigenvalue weighted by atomic mass is 14.7. The summed E-state index contributed by atoms with van der Waals surface area (Å²) in [4.78, 5) is 3.21. The molecule has 0 atom stereocenters. The fourth-order valence-corrected chi connectivity index (χ4v) is 1.40. The molecule has 0 aliphatic carbocycles. The van der Waals surface area contributed by atoms with Crippen LogP contribution < -0.4 is 0 Å². The van der Waals surface area contributed by atoms with Gasteiger partial charge in [-0.25, -0.2) is 0 Å². The second-order valence-electron chi connectivity index (χ2n) is 2.88. The lowest BCUT2D eigenvalue weighted by Crippen LogP contribution is -1.66. The van der Waals surface area contributed by atoms with Crippen LogP contribution in [0.5, 0.6) is 0 Å². The molecular formula is C12H11N. The van der Waals surface area contributed by atoms with E-state index in [1.165, 1.54) is 16.5 Å². The van der Waals surface area contributed by atoms with Crippen LogP contribution in [-0.2, 0) is 0 Å². The van der Waals surface area contributed by atoms with E-state index in [4.69, 9.17) is 0 Å². The highest BCUT2D eigenvalue weighted by Gasteiger charge is 1.97. The molecule has 0 fully saturated rings. The molecule has 0 saturated carbocycles. The minimum atomic E-state index is 1.17. The Kier molecular flexibility index (Phi) is 2.01. The van der Waals surface area contributed by atoms with Gasteiger partial charge < -0.3 is 4.98 Å². The van der Waals surface area contributed by atoms with Crippen LogP contribution in [0, 0.1) is 0 Å². The predicted octanol–water partition coefficient (Wildman–Crippen LogP) is 3.37. The fraction of sp³-hybridized carbons (Fsp3) is 0. The van der Waals surface area contributed by atoms with Crippen molar-refractivity contribution in [1.29, 1.82) is 0 Å². The number of hydrogen-bond acceptors (Lipinski definition) is 0. The van der Waals surface area contributed by atoms with E-state index in [2.05, 4.69) is 23.7 Å². The lowest BCUT2D eigenvalue weighted by atomic mass is 10.1. The maximum Gasteiger partial charge on any atom is 0.0460 e. The Morgan fingerprint density at radius 2 is 2.08 bits per heavy atom. The average Bonchev–Trinajstić information content (AvgIpc) is 2.58. The quantitative estimate of drug-likeness (QED) is 0.663. The predicted molar refractivity (Wildman–Crippen MR) is 57.5 cm³/mol. The Labute approximate surface area is 77.4 Å². The Morgan fingerprint density at radius 1 is 1.23 bits per heavy atom. The maximum atomic E-state index is 3.64. The van der Waals surface area contributed by atoms with Crippen LogP contribution in [-0.4, -0.2) is 4.98 Å². The molecule has 2 aromatic rings. The molecule has 0 aliphatic rings. The van der Waals surface area contributed by atoms with Crippen molar-refractivity contribution in [2.45, 2.75) is 0 Å². The molecule has 0 amide bonds. The Balaban J connectivity index is 2.57. The molecule has 0 saturated heterocycles. The summed E-state index contributed by atoms with van der Waals surface area (Å²) in [5.74, 6) is 0. The monoisotopic (exact) mass is 169 g/mol. The molecule has 1 N–H and O–H groups in total. The first-order valence-electron chi connectivity index (χ1n) is 4.27. The van der Waals surface area contributed by atoms with Crippen LogP contribution >= 0.6 is 0 Å². The summed E-state index contributed by atoms with van der Waals surface area (Å²) < 4.78 is 0. The van der Waals surface area contributed by atoms with Crippen molar-refractivity contribution < 1.29 is 0 Å². The van der Waals surface area contributed by atoms with Crippen LogP contribution in [0.15, 0.2) is 49.2 Å². The van der Waals surface area contributed by atoms with E-state index in [0.717, 1.165) is 0 Å². The number of fused-ring (bicyclic) bond motifs is 1. The van der Waals surface area contributed by atoms with Gasteiger partial charge >= 0.3 is 0 Å². The van der Waals surface area contributed by atoms with Gasteiger partial charge in [0, 0.05) is 17.1 Å². The van der Waals surface area contributed by atoms with Gasteiger partial charge in [-0.05, 0) is 11.6 Å². The van der Waals surface area contributed by atoms with Gasteiger partial charge in [0.2, 0.25) is 0 Å². The summed E-state index contributed by atoms with van der Waals surface area (Å²) >= 11 is 0. The van der Waals surface area contributed by atoms with Gasteiger partial charge in [0.15, 0.2) is 0 Å². The molecule has 2 rings (SSSR count). The van der Waals surface area contributed by atoms with Crippen molar-refractivity contribution in [1.82, 2.24) is 4.98 Å². The second-order valence-corrected chi connectivity index (χ2v) is 2.88. The Morgan fingerprint density at radius 3 is 2.92 bits per heavy atom. The van der Waals surface area contributed by atoms with Gasteiger partial charge in [0.25, 0.3) is 0 Å². The molecule has 1 heteroatoms. The molecular weight excluding hydrogens is 158 g/mol. The average molecular weight is 169 g/mol. The van der Waals surface area contributed by atoms with Crippen LogP contribution in [0.2, 0.25) is 0 Å². The summed E-state index contributed by atoms with van der Waals surface area (Å²) in [6.45, 7) is 3.64. The summed E-state index contributed by atoms with van der Waals surface area (Å²) in [7, 11) is 0. The van der Waals surface area contributed by atoms with Crippen molar-refractivity contribution in [3.8, 4) is 0 Å². The minimum absolute atomic E-state index is 1.17. The number of aromatic nitrogens is 1. The van der Waals surface area contributed by atoms with Crippen molar-refractivity contribution in [2.24, 2.45) is 0 Å². The number of aromatic amines is 1. The molecule has 13 heavy (non-hydrogen) atoms. The van der Waals surface area contributed by atoms with Crippen LogP contribution in [0.25, 0.3) is 17.0 Å². The fourth-order valence-electron chi connectivity index (χ4n) is 1.40. The van der Waals surface area contributed by atoms with E-state index in [1.54, 1.807) is 6.08 Å².